The van der Waals surface area contributed by atoms with Gasteiger partial charge in [0.2, 0.25) is 0 Å². The zero-order valence-corrected chi connectivity index (χ0v) is 12.1. The van der Waals surface area contributed by atoms with Gasteiger partial charge in [0.25, 0.3) is 5.69 Å². The van der Waals surface area contributed by atoms with Crippen molar-refractivity contribution < 1.29 is 27.2 Å². The van der Waals surface area contributed by atoms with E-state index in [2.05, 4.69) is 15.9 Å². The molecule has 0 bridgehead atoms. The highest BCUT2D eigenvalue weighted by Gasteiger charge is 2.40. The van der Waals surface area contributed by atoms with Gasteiger partial charge < -0.3 is 4.74 Å². The summed E-state index contributed by atoms with van der Waals surface area (Å²) < 4.78 is 56.5. The number of halogens is 5. The minimum atomic E-state index is -4.87. The fourth-order valence-electron chi connectivity index (χ4n) is 1.67. The number of rotatable bonds is 3. The van der Waals surface area contributed by atoms with Gasteiger partial charge in [0.15, 0.2) is 0 Å². The van der Waals surface area contributed by atoms with E-state index in [1.54, 1.807) is 0 Å². The number of ether oxygens (including phenoxy) is 1. The Morgan fingerprint density at radius 1 is 1.09 bits per heavy atom. The summed E-state index contributed by atoms with van der Waals surface area (Å²) in [5.74, 6) is -1.24. The Labute approximate surface area is 129 Å². The molecule has 0 saturated carbocycles. The highest BCUT2D eigenvalue weighted by atomic mass is 79.9. The van der Waals surface area contributed by atoms with Crippen LogP contribution in [0, 0.1) is 15.9 Å². The van der Waals surface area contributed by atoms with E-state index in [1.165, 1.54) is 0 Å². The van der Waals surface area contributed by atoms with Crippen LogP contribution in [0.2, 0.25) is 0 Å². The first-order valence-electron chi connectivity index (χ1n) is 5.67. The second kappa shape index (κ2) is 5.91. The van der Waals surface area contributed by atoms with Gasteiger partial charge in [-0.3, -0.25) is 10.1 Å². The molecular formula is C13H6BrF4NO3. The van der Waals surface area contributed by atoms with Gasteiger partial charge in [-0.25, -0.2) is 4.39 Å². The molecule has 0 amide bonds. The molecule has 0 unspecified atom stereocenters. The number of nitro benzene ring substituents is 1. The molecule has 0 aliphatic rings. The van der Waals surface area contributed by atoms with Crippen LogP contribution in [0.4, 0.5) is 23.2 Å². The van der Waals surface area contributed by atoms with Crippen LogP contribution >= 0.6 is 15.9 Å². The molecule has 0 atom stereocenters. The molecule has 0 aliphatic carbocycles. The topological polar surface area (TPSA) is 52.4 Å². The molecule has 2 aromatic rings. The predicted molar refractivity (Wildman–Crippen MR) is 72.3 cm³/mol. The van der Waals surface area contributed by atoms with E-state index in [9.17, 15) is 27.7 Å². The Hall–Kier alpha value is -2.16. The molecule has 0 radical (unpaired) electrons. The largest absolute Gasteiger partial charge is 0.457 e. The highest BCUT2D eigenvalue weighted by molar-refractivity contribution is 9.10. The lowest BCUT2D eigenvalue weighted by Gasteiger charge is -2.15. The van der Waals surface area contributed by atoms with Crippen molar-refractivity contribution in [1.82, 2.24) is 0 Å². The van der Waals surface area contributed by atoms with Crippen LogP contribution in [-0.4, -0.2) is 4.92 Å². The zero-order chi connectivity index (χ0) is 16.5. The van der Waals surface area contributed by atoms with Crippen molar-refractivity contribution in [2.75, 3.05) is 0 Å². The summed E-state index contributed by atoms with van der Waals surface area (Å²) >= 11 is 2.59. The quantitative estimate of drug-likeness (QED) is 0.412. The number of benzene rings is 2. The summed E-state index contributed by atoms with van der Waals surface area (Å²) in [7, 11) is 0. The fourth-order valence-corrected chi connectivity index (χ4v) is 2.36. The van der Waals surface area contributed by atoms with E-state index >= 15 is 0 Å². The molecule has 0 aliphatic heterocycles. The van der Waals surface area contributed by atoms with Crippen molar-refractivity contribution in [3.8, 4) is 11.5 Å². The van der Waals surface area contributed by atoms with Crippen LogP contribution in [0.3, 0.4) is 0 Å². The molecule has 22 heavy (non-hydrogen) atoms. The summed E-state index contributed by atoms with van der Waals surface area (Å²) in [5.41, 5.74) is -2.05. The van der Waals surface area contributed by atoms with Crippen molar-refractivity contribution >= 4 is 21.6 Å². The van der Waals surface area contributed by atoms with E-state index in [1.807, 2.05) is 0 Å². The zero-order valence-electron chi connectivity index (χ0n) is 10.5. The summed E-state index contributed by atoms with van der Waals surface area (Å²) in [4.78, 5) is 9.79. The van der Waals surface area contributed by atoms with Gasteiger partial charge in [0.05, 0.1) is 4.92 Å². The lowest BCUT2D eigenvalue weighted by molar-refractivity contribution is -0.386. The molecule has 0 saturated heterocycles. The predicted octanol–water partition coefficient (Wildman–Crippen LogP) is 5.31. The van der Waals surface area contributed by atoms with E-state index in [0.29, 0.717) is 0 Å². The third-order valence-corrected chi connectivity index (χ3v) is 3.41. The maximum Gasteiger partial charge on any atom is 0.421 e. The monoisotopic (exact) mass is 379 g/mol. The van der Waals surface area contributed by atoms with Gasteiger partial charge >= 0.3 is 6.18 Å². The minimum absolute atomic E-state index is 0.0346. The maximum atomic E-state index is 13.1. The first-order valence-corrected chi connectivity index (χ1v) is 6.47. The lowest BCUT2D eigenvalue weighted by atomic mass is 10.1. The molecule has 0 fully saturated rings. The molecule has 0 N–H and O–H groups in total. The lowest BCUT2D eigenvalue weighted by Crippen LogP contribution is -2.09. The van der Waals surface area contributed by atoms with Crippen LogP contribution in [0.1, 0.15) is 5.56 Å². The Bertz CT molecular complexity index is 716. The van der Waals surface area contributed by atoms with Gasteiger partial charge in [-0.15, -0.1) is 0 Å². The molecule has 2 rings (SSSR count). The second-order valence-corrected chi connectivity index (χ2v) is 4.88. The van der Waals surface area contributed by atoms with E-state index in [-0.39, 0.29) is 5.75 Å². The molecule has 0 aromatic heterocycles. The van der Waals surface area contributed by atoms with Crippen LogP contribution < -0.4 is 4.74 Å². The number of nitro groups is 1. The molecule has 0 spiro atoms. The first-order chi connectivity index (χ1) is 10.2. The third-order valence-electron chi connectivity index (χ3n) is 2.60. The Morgan fingerprint density at radius 2 is 1.68 bits per heavy atom. The molecule has 9 heteroatoms. The average Bonchev–Trinajstić information content (AvgIpc) is 2.39. The number of hydrogen-bond donors (Lipinski definition) is 0. The molecule has 2 aromatic carbocycles. The van der Waals surface area contributed by atoms with Crippen molar-refractivity contribution in [3.05, 3.63) is 62.4 Å². The van der Waals surface area contributed by atoms with Crippen molar-refractivity contribution in [3.63, 3.8) is 0 Å². The molecule has 4 nitrogen and oxygen atoms in total. The van der Waals surface area contributed by atoms with Crippen LogP contribution in [-0.2, 0) is 6.18 Å². The normalized spacial score (nSPS) is 11.3. The maximum absolute atomic E-state index is 13.1. The smallest absolute Gasteiger partial charge is 0.421 e. The Balaban J connectivity index is 2.53. The minimum Gasteiger partial charge on any atom is -0.457 e. The van der Waals surface area contributed by atoms with Crippen molar-refractivity contribution in [2.45, 2.75) is 6.18 Å². The number of hydrogen-bond acceptors (Lipinski definition) is 3. The van der Waals surface area contributed by atoms with Crippen molar-refractivity contribution in [1.29, 1.82) is 0 Å². The fraction of sp³-hybridized carbons (Fsp3) is 0.0769. The third kappa shape index (κ3) is 3.35. The Kier molecular flexibility index (Phi) is 4.36. The average molecular weight is 380 g/mol. The van der Waals surface area contributed by atoms with Gasteiger partial charge in [0, 0.05) is 6.07 Å². The van der Waals surface area contributed by atoms with Crippen LogP contribution in [0.5, 0.6) is 11.5 Å². The number of alkyl halides is 3. The van der Waals surface area contributed by atoms with E-state index < -0.39 is 38.4 Å². The summed E-state index contributed by atoms with van der Waals surface area (Å²) in [5, 5.41) is 10.7. The summed E-state index contributed by atoms with van der Waals surface area (Å²) in [6, 6.07) is 6.05. The SMILES string of the molecule is O=[N+]([O-])c1ccc(Oc2ccc(F)cc2)c(C(F)(F)F)c1Br. The standard InChI is InChI=1S/C13H6BrF4NO3/c14-12-9(19(20)21)5-6-10(11(12)13(16,17)18)22-8-3-1-7(15)2-4-8/h1-6H. The van der Waals surface area contributed by atoms with Gasteiger partial charge in [-0.2, -0.15) is 13.2 Å². The Morgan fingerprint density at radius 3 is 2.18 bits per heavy atom. The van der Waals surface area contributed by atoms with Gasteiger partial charge in [-0.1, -0.05) is 0 Å². The van der Waals surface area contributed by atoms with E-state index in [0.717, 1.165) is 36.4 Å². The molecule has 0 heterocycles. The summed E-state index contributed by atoms with van der Waals surface area (Å²) in [6.45, 7) is 0. The highest BCUT2D eigenvalue weighted by Crippen LogP contribution is 2.46. The summed E-state index contributed by atoms with van der Waals surface area (Å²) in [6.07, 6.45) is -4.87. The van der Waals surface area contributed by atoms with Crippen LogP contribution in [0.15, 0.2) is 40.9 Å². The first kappa shape index (κ1) is 16.2. The van der Waals surface area contributed by atoms with Gasteiger partial charge in [0.1, 0.15) is 27.4 Å². The molecule has 116 valence electrons. The van der Waals surface area contributed by atoms with E-state index in [4.69, 9.17) is 4.74 Å². The molecular weight excluding hydrogens is 374 g/mol. The van der Waals surface area contributed by atoms with Crippen molar-refractivity contribution in [2.24, 2.45) is 0 Å². The van der Waals surface area contributed by atoms with Crippen LogP contribution in [0.25, 0.3) is 0 Å². The second-order valence-electron chi connectivity index (χ2n) is 4.08. The van der Waals surface area contributed by atoms with Gasteiger partial charge in [-0.05, 0) is 46.3 Å². The number of nitrogens with zero attached hydrogens (tertiary/aromatic N) is 1.